The minimum absolute atomic E-state index is 0.267. The number of benzene rings is 1. The molecule has 5 rings (SSSR count). The van der Waals surface area contributed by atoms with Crippen molar-refractivity contribution in [1.82, 2.24) is 20.2 Å². The molecule has 9 heteroatoms. The lowest BCUT2D eigenvalue weighted by Gasteiger charge is -2.38. The number of aromatic nitrogens is 4. The van der Waals surface area contributed by atoms with Crippen molar-refractivity contribution in [1.29, 1.82) is 0 Å². The van der Waals surface area contributed by atoms with Crippen LogP contribution >= 0.6 is 0 Å². The zero-order valence-corrected chi connectivity index (χ0v) is 21.4. The number of hydrogen-bond donors (Lipinski definition) is 3. The molecule has 0 radical (unpaired) electrons. The third-order valence-electron chi connectivity index (χ3n) is 7.54. The van der Waals surface area contributed by atoms with Gasteiger partial charge in [-0.1, -0.05) is 0 Å². The second kappa shape index (κ2) is 10.0. The normalized spacial score (nSPS) is 21.7. The highest BCUT2D eigenvalue weighted by molar-refractivity contribution is 5.76. The second-order valence-corrected chi connectivity index (χ2v) is 11.1. The largest absolute Gasteiger partial charge is 0.390 e. The minimum Gasteiger partial charge on any atom is -0.390 e. The quantitative estimate of drug-likeness (QED) is 0.480. The highest BCUT2D eigenvalue weighted by Crippen LogP contribution is 2.30. The summed E-state index contributed by atoms with van der Waals surface area (Å²) in [5, 5.41) is 20.6. The summed E-state index contributed by atoms with van der Waals surface area (Å²) in [7, 11) is 0. The number of anilines is 3. The smallest absolute Gasteiger partial charge is 0.275 e. The molecular formula is C27H37N7O2. The molecule has 2 atom stereocenters. The predicted octanol–water partition coefficient (Wildman–Crippen LogP) is 3.56. The number of nitrogens with zero attached hydrogens (tertiary/aromatic N) is 5. The van der Waals surface area contributed by atoms with E-state index in [0.29, 0.717) is 28.8 Å². The van der Waals surface area contributed by atoms with Crippen molar-refractivity contribution in [2.75, 3.05) is 34.8 Å². The standard InChI is InChI=1S/C27H37N7O2/c1-18-14-21(10-13-34(18)26-28-16-23-24(31-26)17-29-32-25(23)35)30-20-4-6-22(7-5-20)33-11-8-19(9-12-33)15-27(2,3)36/h4-7,16-19,21,30,36H,8-15H2,1-3H3,(H,32,35). The maximum Gasteiger partial charge on any atom is 0.275 e. The molecule has 4 heterocycles. The van der Waals surface area contributed by atoms with Crippen LogP contribution in [0.25, 0.3) is 10.9 Å². The first kappa shape index (κ1) is 24.5. The Bertz CT molecular complexity index is 1230. The van der Waals surface area contributed by atoms with Crippen molar-refractivity contribution >= 4 is 28.2 Å². The van der Waals surface area contributed by atoms with Gasteiger partial charge in [-0.2, -0.15) is 5.10 Å². The Morgan fingerprint density at radius 2 is 1.86 bits per heavy atom. The lowest BCUT2D eigenvalue weighted by molar-refractivity contribution is 0.0482. The summed E-state index contributed by atoms with van der Waals surface area (Å²) in [4.78, 5) is 25.6. The Morgan fingerprint density at radius 3 is 2.56 bits per heavy atom. The van der Waals surface area contributed by atoms with Crippen LogP contribution in [0.5, 0.6) is 0 Å². The molecule has 9 nitrogen and oxygen atoms in total. The average Bonchev–Trinajstić information content (AvgIpc) is 2.84. The van der Waals surface area contributed by atoms with E-state index in [0.717, 1.165) is 57.4 Å². The van der Waals surface area contributed by atoms with Gasteiger partial charge in [-0.3, -0.25) is 4.79 Å². The molecule has 0 aliphatic carbocycles. The van der Waals surface area contributed by atoms with E-state index in [-0.39, 0.29) is 11.6 Å². The van der Waals surface area contributed by atoms with Crippen LogP contribution < -0.4 is 20.7 Å². The average molecular weight is 492 g/mol. The van der Waals surface area contributed by atoms with Crippen LogP contribution in [0.2, 0.25) is 0 Å². The van der Waals surface area contributed by atoms with Gasteiger partial charge in [0.15, 0.2) is 0 Å². The van der Waals surface area contributed by atoms with Gasteiger partial charge in [0.1, 0.15) is 5.52 Å². The number of rotatable bonds is 6. The molecule has 2 saturated heterocycles. The van der Waals surface area contributed by atoms with Crippen molar-refractivity contribution in [2.24, 2.45) is 5.92 Å². The van der Waals surface area contributed by atoms with Crippen molar-refractivity contribution in [3.63, 3.8) is 0 Å². The lowest BCUT2D eigenvalue weighted by Crippen LogP contribution is -2.45. The highest BCUT2D eigenvalue weighted by Gasteiger charge is 2.28. The molecule has 2 unspecified atom stereocenters. The summed E-state index contributed by atoms with van der Waals surface area (Å²) in [5.74, 6) is 1.26. The summed E-state index contributed by atoms with van der Waals surface area (Å²) in [6, 6.07) is 9.46. The first-order valence-corrected chi connectivity index (χ1v) is 13.1. The Hall–Kier alpha value is -3.20. The molecule has 2 aliphatic heterocycles. The lowest BCUT2D eigenvalue weighted by atomic mass is 9.86. The van der Waals surface area contributed by atoms with E-state index in [1.165, 1.54) is 5.69 Å². The molecule has 1 aromatic carbocycles. The SMILES string of the molecule is CC1CC(Nc2ccc(N3CCC(CC(C)(C)O)CC3)cc2)CCN1c1ncc2c(=O)[nH]ncc2n1. The summed E-state index contributed by atoms with van der Waals surface area (Å²) in [5.41, 5.74) is 2.14. The van der Waals surface area contributed by atoms with Crippen LogP contribution in [-0.4, -0.2) is 62.6 Å². The van der Waals surface area contributed by atoms with Crippen LogP contribution in [0.4, 0.5) is 17.3 Å². The van der Waals surface area contributed by atoms with Gasteiger partial charge in [-0.05, 0) is 83.1 Å². The number of hydrogen-bond acceptors (Lipinski definition) is 8. The van der Waals surface area contributed by atoms with Crippen LogP contribution in [-0.2, 0) is 0 Å². The second-order valence-electron chi connectivity index (χ2n) is 11.1. The molecule has 2 aliphatic rings. The third-order valence-corrected chi connectivity index (χ3v) is 7.54. The number of piperidine rings is 2. The van der Waals surface area contributed by atoms with E-state index < -0.39 is 5.60 Å². The van der Waals surface area contributed by atoms with Crippen molar-refractivity contribution in [3.05, 3.63) is 47.0 Å². The van der Waals surface area contributed by atoms with Gasteiger partial charge in [-0.25, -0.2) is 15.1 Å². The molecule has 2 aromatic heterocycles. The first-order chi connectivity index (χ1) is 17.2. The molecule has 3 aromatic rings. The maximum atomic E-state index is 11.9. The van der Waals surface area contributed by atoms with Gasteiger partial charge in [0.2, 0.25) is 5.95 Å². The first-order valence-electron chi connectivity index (χ1n) is 13.1. The molecule has 192 valence electrons. The summed E-state index contributed by atoms with van der Waals surface area (Å²) in [6.45, 7) is 8.96. The van der Waals surface area contributed by atoms with Gasteiger partial charge in [0, 0.05) is 49.3 Å². The molecule has 36 heavy (non-hydrogen) atoms. The summed E-state index contributed by atoms with van der Waals surface area (Å²) < 4.78 is 0. The van der Waals surface area contributed by atoms with Crippen LogP contribution in [0, 0.1) is 5.92 Å². The predicted molar refractivity (Wildman–Crippen MR) is 144 cm³/mol. The van der Waals surface area contributed by atoms with Crippen LogP contribution in [0.15, 0.2) is 41.5 Å². The number of aliphatic hydroxyl groups is 1. The Labute approximate surface area is 212 Å². The summed E-state index contributed by atoms with van der Waals surface area (Å²) in [6.07, 6.45) is 8.27. The van der Waals surface area contributed by atoms with Crippen molar-refractivity contribution in [3.8, 4) is 0 Å². The number of nitrogens with one attached hydrogen (secondary N) is 2. The van der Waals surface area contributed by atoms with E-state index >= 15 is 0 Å². The Kier molecular flexibility index (Phi) is 6.83. The summed E-state index contributed by atoms with van der Waals surface area (Å²) >= 11 is 0. The van der Waals surface area contributed by atoms with Gasteiger partial charge in [0.05, 0.1) is 17.2 Å². The topological polar surface area (TPSA) is 110 Å². The van der Waals surface area contributed by atoms with Gasteiger partial charge < -0.3 is 20.2 Å². The Balaban J connectivity index is 1.15. The molecular weight excluding hydrogens is 454 g/mol. The van der Waals surface area contributed by atoms with E-state index in [9.17, 15) is 9.90 Å². The maximum absolute atomic E-state index is 11.9. The van der Waals surface area contributed by atoms with Gasteiger partial charge in [-0.15, -0.1) is 0 Å². The molecule has 0 saturated carbocycles. The zero-order chi connectivity index (χ0) is 25.3. The van der Waals surface area contributed by atoms with E-state index in [1.807, 2.05) is 13.8 Å². The zero-order valence-electron chi connectivity index (χ0n) is 21.4. The fourth-order valence-electron chi connectivity index (χ4n) is 5.72. The van der Waals surface area contributed by atoms with Crippen molar-refractivity contribution in [2.45, 2.75) is 70.6 Å². The Morgan fingerprint density at radius 1 is 1.11 bits per heavy atom. The fraction of sp³-hybridized carbons (Fsp3) is 0.556. The third kappa shape index (κ3) is 5.61. The molecule has 2 fully saturated rings. The monoisotopic (exact) mass is 491 g/mol. The minimum atomic E-state index is -0.575. The van der Waals surface area contributed by atoms with E-state index in [4.69, 9.17) is 0 Å². The number of aromatic amines is 1. The fourth-order valence-corrected chi connectivity index (χ4v) is 5.72. The molecule has 0 bridgehead atoms. The van der Waals surface area contributed by atoms with E-state index in [2.05, 4.69) is 66.5 Å². The number of H-pyrrole nitrogens is 1. The van der Waals surface area contributed by atoms with Gasteiger partial charge >= 0.3 is 0 Å². The molecule has 0 amide bonds. The number of fused-ring (bicyclic) bond motifs is 1. The van der Waals surface area contributed by atoms with Crippen molar-refractivity contribution < 1.29 is 5.11 Å². The van der Waals surface area contributed by atoms with Crippen LogP contribution in [0.3, 0.4) is 0 Å². The molecule has 3 N–H and O–H groups in total. The molecule has 0 spiro atoms. The highest BCUT2D eigenvalue weighted by atomic mass is 16.3. The van der Waals surface area contributed by atoms with Gasteiger partial charge in [0.25, 0.3) is 5.56 Å². The van der Waals surface area contributed by atoms with Crippen LogP contribution in [0.1, 0.15) is 52.9 Å². The van der Waals surface area contributed by atoms with E-state index in [1.54, 1.807) is 12.4 Å².